The van der Waals surface area contributed by atoms with Gasteiger partial charge in [-0.25, -0.2) is 0 Å². The number of rotatable bonds is 1. The van der Waals surface area contributed by atoms with Crippen molar-refractivity contribution in [2.24, 2.45) is 0 Å². The minimum atomic E-state index is -0.0269. The van der Waals surface area contributed by atoms with Gasteiger partial charge >= 0.3 is 0 Å². The number of hydrogen-bond acceptors (Lipinski definition) is 2. The van der Waals surface area contributed by atoms with Gasteiger partial charge in [0, 0.05) is 18.2 Å². The Morgan fingerprint density at radius 2 is 1.77 bits per heavy atom. The van der Waals surface area contributed by atoms with Crippen LogP contribution in [0.2, 0.25) is 0 Å². The molecule has 112 valence electrons. The number of carbonyl (C=O) groups excluding carboxylic acids is 1. The number of halogens is 2. The predicted octanol–water partition coefficient (Wildman–Crippen LogP) is 4.74. The number of benzene rings is 2. The van der Waals surface area contributed by atoms with Crippen molar-refractivity contribution in [1.82, 2.24) is 0 Å². The molecule has 1 aliphatic heterocycles. The Bertz CT molecular complexity index is 804. The standard InChI is InChI=1S/C17H13Br2NO2/c1-9-3-4-15-11(5-9)12(17(22)20(15)2)6-10-7-13(18)16(21)14(19)8-10/h3-8,21H,1-2H3/b12-6-. The number of nitrogens with zero attached hydrogens (tertiary/aromatic N) is 1. The number of phenolic OH excluding ortho intramolecular Hbond substituents is 1. The molecule has 0 aliphatic carbocycles. The molecule has 1 amide bonds. The van der Waals surface area contributed by atoms with Crippen molar-refractivity contribution in [3.05, 3.63) is 56.0 Å². The number of amides is 1. The summed E-state index contributed by atoms with van der Waals surface area (Å²) in [6.45, 7) is 2.01. The average molecular weight is 423 g/mol. The fourth-order valence-electron chi connectivity index (χ4n) is 2.54. The van der Waals surface area contributed by atoms with Gasteiger partial charge in [-0.15, -0.1) is 0 Å². The molecule has 0 radical (unpaired) electrons. The lowest BCUT2D eigenvalue weighted by Crippen LogP contribution is -2.20. The topological polar surface area (TPSA) is 40.5 Å². The molecule has 0 unspecified atom stereocenters. The number of carbonyl (C=O) groups is 1. The van der Waals surface area contributed by atoms with Gasteiger partial charge in [0.15, 0.2) is 0 Å². The zero-order valence-corrected chi connectivity index (χ0v) is 15.2. The van der Waals surface area contributed by atoms with Crippen molar-refractivity contribution in [3.63, 3.8) is 0 Å². The molecule has 1 N–H and O–H groups in total. The maximum Gasteiger partial charge on any atom is 0.258 e. The Morgan fingerprint density at radius 3 is 2.41 bits per heavy atom. The van der Waals surface area contributed by atoms with Crippen LogP contribution in [0.3, 0.4) is 0 Å². The Morgan fingerprint density at radius 1 is 1.14 bits per heavy atom. The van der Waals surface area contributed by atoms with Crippen molar-refractivity contribution in [2.75, 3.05) is 11.9 Å². The normalized spacial score (nSPS) is 15.5. The second kappa shape index (κ2) is 5.56. The van der Waals surface area contributed by atoms with Gasteiger partial charge in [0.25, 0.3) is 5.91 Å². The number of aryl methyl sites for hydroxylation is 1. The molecule has 0 bridgehead atoms. The first-order chi connectivity index (χ1) is 10.4. The number of likely N-dealkylation sites (N-methyl/N-ethyl adjacent to an activating group) is 1. The first-order valence-corrected chi connectivity index (χ1v) is 8.26. The SMILES string of the molecule is Cc1ccc2c(c1)/C(=C/c1cc(Br)c(O)c(Br)c1)C(=O)N2C. The fourth-order valence-corrected chi connectivity index (χ4v) is 3.76. The van der Waals surface area contributed by atoms with Crippen molar-refractivity contribution in [1.29, 1.82) is 0 Å². The first kappa shape index (κ1) is 15.3. The van der Waals surface area contributed by atoms with Gasteiger partial charge in [-0.3, -0.25) is 4.79 Å². The third kappa shape index (κ3) is 2.48. The Kier molecular flexibility index (Phi) is 3.87. The van der Waals surface area contributed by atoms with Gasteiger partial charge in [-0.1, -0.05) is 11.6 Å². The molecular weight excluding hydrogens is 410 g/mol. The van der Waals surface area contributed by atoms with Crippen LogP contribution < -0.4 is 4.90 Å². The van der Waals surface area contributed by atoms with Crippen molar-refractivity contribution in [3.8, 4) is 5.75 Å². The van der Waals surface area contributed by atoms with E-state index in [-0.39, 0.29) is 11.7 Å². The van der Waals surface area contributed by atoms with Crippen LogP contribution in [-0.2, 0) is 4.79 Å². The summed E-state index contributed by atoms with van der Waals surface area (Å²) in [5.74, 6) is 0.120. The highest BCUT2D eigenvalue weighted by molar-refractivity contribution is 9.11. The molecule has 1 heterocycles. The second-order valence-corrected chi connectivity index (χ2v) is 6.98. The summed E-state index contributed by atoms with van der Waals surface area (Å²) in [4.78, 5) is 14.2. The van der Waals surface area contributed by atoms with Crippen LogP contribution in [-0.4, -0.2) is 18.1 Å². The van der Waals surface area contributed by atoms with E-state index in [9.17, 15) is 9.90 Å². The summed E-state index contributed by atoms with van der Waals surface area (Å²) in [6, 6.07) is 9.56. The summed E-state index contributed by atoms with van der Waals surface area (Å²) >= 11 is 6.62. The molecule has 5 heteroatoms. The van der Waals surface area contributed by atoms with E-state index in [1.54, 1.807) is 24.1 Å². The molecule has 3 rings (SSSR count). The van der Waals surface area contributed by atoms with Crippen LogP contribution in [0.4, 0.5) is 5.69 Å². The van der Waals surface area contributed by atoms with E-state index in [0.717, 1.165) is 22.4 Å². The van der Waals surface area contributed by atoms with Crippen LogP contribution in [0.25, 0.3) is 11.6 Å². The van der Waals surface area contributed by atoms with Crippen molar-refractivity contribution in [2.45, 2.75) is 6.92 Å². The van der Waals surface area contributed by atoms with E-state index in [2.05, 4.69) is 31.9 Å². The van der Waals surface area contributed by atoms with E-state index in [0.29, 0.717) is 14.5 Å². The molecule has 1 aliphatic rings. The summed E-state index contributed by atoms with van der Waals surface area (Å²) in [5, 5.41) is 9.79. The number of hydrogen-bond donors (Lipinski definition) is 1. The third-order valence-electron chi connectivity index (χ3n) is 3.69. The maximum atomic E-state index is 12.5. The predicted molar refractivity (Wildman–Crippen MR) is 96.0 cm³/mol. The van der Waals surface area contributed by atoms with E-state index in [1.807, 2.05) is 31.2 Å². The highest BCUT2D eigenvalue weighted by atomic mass is 79.9. The summed E-state index contributed by atoms with van der Waals surface area (Å²) in [7, 11) is 1.78. The molecule has 2 aromatic rings. The van der Waals surface area contributed by atoms with Crippen molar-refractivity contribution >= 4 is 55.1 Å². The summed E-state index contributed by atoms with van der Waals surface area (Å²) in [5.41, 5.74) is 4.46. The lowest BCUT2D eigenvalue weighted by Gasteiger charge is -2.08. The quantitative estimate of drug-likeness (QED) is 0.674. The van der Waals surface area contributed by atoms with Gasteiger partial charge in [0.05, 0.1) is 14.6 Å². The van der Waals surface area contributed by atoms with Gasteiger partial charge < -0.3 is 10.0 Å². The van der Waals surface area contributed by atoms with Crippen LogP contribution in [0.15, 0.2) is 39.3 Å². The fraction of sp³-hybridized carbons (Fsp3) is 0.118. The molecule has 22 heavy (non-hydrogen) atoms. The lowest BCUT2D eigenvalue weighted by atomic mass is 10.0. The summed E-state index contributed by atoms with van der Waals surface area (Å²) < 4.78 is 1.16. The average Bonchev–Trinajstić information content (AvgIpc) is 2.69. The molecule has 0 saturated carbocycles. The number of anilines is 1. The molecule has 3 nitrogen and oxygen atoms in total. The molecule has 0 atom stereocenters. The zero-order chi connectivity index (χ0) is 16.0. The Balaban J connectivity index is 2.16. The van der Waals surface area contributed by atoms with Gasteiger partial charge in [-0.05, 0) is 74.7 Å². The molecule has 0 fully saturated rings. The van der Waals surface area contributed by atoms with Gasteiger partial charge in [-0.2, -0.15) is 0 Å². The van der Waals surface area contributed by atoms with Crippen molar-refractivity contribution < 1.29 is 9.90 Å². The van der Waals surface area contributed by atoms with Crippen LogP contribution in [0.1, 0.15) is 16.7 Å². The maximum absolute atomic E-state index is 12.5. The number of phenols is 1. The minimum Gasteiger partial charge on any atom is -0.506 e. The van der Waals surface area contributed by atoms with Gasteiger partial charge in [0.2, 0.25) is 0 Å². The minimum absolute atomic E-state index is 0.0269. The molecular formula is C17H13Br2NO2. The molecule has 2 aromatic carbocycles. The number of aromatic hydroxyl groups is 1. The van der Waals surface area contributed by atoms with Crippen LogP contribution in [0.5, 0.6) is 5.75 Å². The summed E-state index contributed by atoms with van der Waals surface area (Å²) in [6.07, 6.45) is 1.85. The highest BCUT2D eigenvalue weighted by Crippen LogP contribution is 2.39. The monoisotopic (exact) mass is 421 g/mol. The smallest absolute Gasteiger partial charge is 0.258 e. The van der Waals surface area contributed by atoms with Crippen LogP contribution >= 0.6 is 31.9 Å². The van der Waals surface area contributed by atoms with E-state index in [1.165, 1.54) is 0 Å². The number of fused-ring (bicyclic) bond motifs is 1. The van der Waals surface area contributed by atoms with Crippen LogP contribution in [0, 0.1) is 6.92 Å². The molecule has 0 saturated heterocycles. The molecule has 0 aromatic heterocycles. The molecule has 0 spiro atoms. The second-order valence-electron chi connectivity index (χ2n) is 5.28. The zero-order valence-electron chi connectivity index (χ0n) is 12.0. The lowest BCUT2D eigenvalue weighted by molar-refractivity contribution is -0.112. The van der Waals surface area contributed by atoms with E-state index >= 15 is 0 Å². The Labute approximate surface area is 145 Å². The largest absolute Gasteiger partial charge is 0.506 e. The highest BCUT2D eigenvalue weighted by Gasteiger charge is 2.29. The Hall–Kier alpha value is -1.59. The van der Waals surface area contributed by atoms with E-state index < -0.39 is 0 Å². The third-order valence-corrected chi connectivity index (χ3v) is 4.90. The van der Waals surface area contributed by atoms with Gasteiger partial charge in [0.1, 0.15) is 5.75 Å². The first-order valence-electron chi connectivity index (χ1n) is 6.67. The van der Waals surface area contributed by atoms with E-state index in [4.69, 9.17) is 0 Å².